The summed E-state index contributed by atoms with van der Waals surface area (Å²) in [5, 5.41) is 5.65. The van der Waals surface area contributed by atoms with Crippen LogP contribution < -0.4 is 21.5 Å². The third-order valence-corrected chi connectivity index (χ3v) is 6.19. The lowest BCUT2D eigenvalue weighted by Crippen LogP contribution is -2.45. The van der Waals surface area contributed by atoms with Crippen LogP contribution in [-0.2, 0) is 9.59 Å². The van der Waals surface area contributed by atoms with Gasteiger partial charge in [0, 0.05) is 11.7 Å². The van der Waals surface area contributed by atoms with Crippen molar-refractivity contribution in [3.63, 3.8) is 0 Å². The number of anilines is 1. The van der Waals surface area contributed by atoms with Gasteiger partial charge in [-0.3, -0.25) is 15.0 Å². The summed E-state index contributed by atoms with van der Waals surface area (Å²) in [6.45, 7) is 0. The molecule has 6 nitrogen and oxygen atoms in total. The molecule has 1 saturated heterocycles. The molecule has 2 atom stereocenters. The monoisotopic (exact) mass is 408 g/mol. The van der Waals surface area contributed by atoms with E-state index in [1.807, 2.05) is 0 Å². The standard InChI is InChI=1S/C20H29FN4O2S/c21-15-6-8-16(9-7-15)22-19(26)12-28-13-20(27)23-18-11-17(24-25-18)10-14-4-2-1-3-5-14/h6-9,14,17-18,24-25H,1-5,10-13H2,(H,22,26)(H,23,27). The van der Waals surface area contributed by atoms with Gasteiger partial charge in [0.15, 0.2) is 0 Å². The molecule has 2 fully saturated rings. The molecule has 2 unspecified atom stereocenters. The first-order chi connectivity index (χ1) is 13.6. The second-order valence-electron chi connectivity index (χ2n) is 7.63. The smallest absolute Gasteiger partial charge is 0.234 e. The third-order valence-electron chi connectivity index (χ3n) is 5.25. The number of hydrogen-bond donors (Lipinski definition) is 4. The zero-order valence-corrected chi connectivity index (χ0v) is 16.8. The van der Waals surface area contributed by atoms with Crippen LogP contribution in [0.5, 0.6) is 0 Å². The van der Waals surface area contributed by atoms with Crippen LogP contribution >= 0.6 is 11.8 Å². The number of hydrogen-bond acceptors (Lipinski definition) is 5. The van der Waals surface area contributed by atoms with Crippen molar-refractivity contribution < 1.29 is 14.0 Å². The minimum Gasteiger partial charge on any atom is -0.339 e. The molecule has 0 radical (unpaired) electrons. The molecular weight excluding hydrogens is 379 g/mol. The second-order valence-corrected chi connectivity index (χ2v) is 8.61. The zero-order chi connectivity index (χ0) is 19.8. The number of amides is 2. The molecule has 1 aliphatic carbocycles. The summed E-state index contributed by atoms with van der Waals surface area (Å²) in [5.41, 5.74) is 7.01. The van der Waals surface area contributed by atoms with Crippen LogP contribution in [0.1, 0.15) is 44.9 Å². The van der Waals surface area contributed by atoms with E-state index in [0.717, 1.165) is 18.8 Å². The Labute approximate surface area is 169 Å². The van der Waals surface area contributed by atoms with Crippen molar-refractivity contribution >= 4 is 29.3 Å². The van der Waals surface area contributed by atoms with Gasteiger partial charge in [0.1, 0.15) is 5.82 Å². The fourth-order valence-corrected chi connectivity index (χ4v) is 4.53. The van der Waals surface area contributed by atoms with Crippen LogP contribution in [0.15, 0.2) is 24.3 Å². The van der Waals surface area contributed by atoms with E-state index in [-0.39, 0.29) is 35.3 Å². The van der Waals surface area contributed by atoms with Crippen molar-refractivity contribution in [1.29, 1.82) is 0 Å². The molecule has 1 aromatic carbocycles. The van der Waals surface area contributed by atoms with E-state index >= 15 is 0 Å². The van der Waals surface area contributed by atoms with E-state index < -0.39 is 0 Å². The summed E-state index contributed by atoms with van der Waals surface area (Å²) in [4.78, 5) is 24.0. The van der Waals surface area contributed by atoms with Crippen molar-refractivity contribution in [3.05, 3.63) is 30.1 Å². The summed E-state index contributed by atoms with van der Waals surface area (Å²) in [6.07, 6.45) is 8.70. The number of carbonyl (C=O) groups excluding carboxylic acids is 2. The highest BCUT2D eigenvalue weighted by Gasteiger charge is 2.27. The van der Waals surface area contributed by atoms with E-state index in [2.05, 4.69) is 21.5 Å². The van der Waals surface area contributed by atoms with Crippen LogP contribution in [-0.4, -0.2) is 35.5 Å². The van der Waals surface area contributed by atoms with Crippen LogP contribution in [0, 0.1) is 11.7 Å². The number of nitrogens with one attached hydrogen (secondary N) is 4. The van der Waals surface area contributed by atoms with Gasteiger partial charge in [0.2, 0.25) is 11.8 Å². The first kappa shape index (κ1) is 21.1. The van der Waals surface area contributed by atoms with Gasteiger partial charge >= 0.3 is 0 Å². The van der Waals surface area contributed by atoms with Crippen molar-refractivity contribution in [2.45, 2.75) is 57.2 Å². The SMILES string of the molecule is O=C(CSCC(=O)NC1CC(CC2CCCCC2)NN1)Nc1ccc(F)cc1. The molecule has 28 heavy (non-hydrogen) atoms. The minimum atomic E-state index is -0.347. The lowest BCUT2D eigenvalue weighted by Gasteiger charge is -2.24. The van der Waals surface area contributed by atoms with Crippen molar-refractivity contribution in [2.75, 3.05) is 16.8 Å². The Hall–Kier alpha value is -1.64. The Morgan fingerprint density at radius 3 is 2.50 bits per heavy atom. The lowest BCUT2D eigenvalue weighted by molar-refractivity contribution is -0.119. The molecule has 0 bridgehead atoms. The highest BCUT2D eigenvalue weighted by atomic mass is 32.2. The maximum absolute atomic E-state index is 12.9. The summed E-state index contributed by atoms with van der Waals surface area (Å²) in [6, 6.07) is 6.00. The molecule has 1 aromatic rings. The van der Waals surface area contributed by atoms with Crippen molar-refractivity contribution in [3.8, 4) is 0 Å². The molecule has 3 rings (SSSR count). The summed E-state index contributed by atoms with van der Waals surface area (Å²) < 4.78 is 12.9. The normalized spacial score (nSPS) is 22.8. The van der Waals surface area contributed by atoms with Gasteiger partial charge in [0.25, 0.3) is 0 Å². The molecular formula is C20H29FN4O2S. The summed E-state index contributed by atoms with van der Waals surface area (Å²) in [7, 11) is 0. The van der Waals surface area contributed by atoms with Crippen molar-refractivity contribution in [2.24, 2.45) is 5.92 Å². The average Bonchev–Trinajstić information content (AvgIpc) is 3.11. The second kappa shape index (κ2) is 10.8. The van der Waals surface area contributed by atoms with E-state index in [4.69, 9.17) is 0 Å². The van der Waals surface area contributed by atoms with E-state index in [9.17, 15) is 14.0 Å². The van der Waals surface area contributed by atoms with E-state index in [1.165, 1.54) is 68.1 Å². The Balaban J connectivity index is 1.28. The number of halogens is 1. The van der Waals surface area contributed by atoms with Crippen LogP contribution in [0.4, 0.5) is 10.1 Å². The molecule has 1 heterocycles. The molecule has 1 saturated carbocycles. The van der Waals surface area contributed by atoms with Crippen molar-refractivity contribution in [1.82, 2.24) is 16.2 Å². The fraction of sp³-hybridized carbons (Fsp3) is 0.600. The number of rotatable bonds is 8. The van der Waals surface area contributed by atoms with Gasteiger partial charge in [-0.15, -0.1) is 11.8 Å². The summed E-state index contributed by atoms with van der Waals surface area (Å²) >= 11 is 1.26. The zero-order valence-electron chi connectivity index (χ0n) is 16.0. The molecule has 1 aliphatic heterocycles. The minimum absolute atomic E-state index is 0.0604. The molecule has 4 N–H and O–H groups in total. The van der Waals surface area contributed by atoms with Crippen LogP contribution in [0.3, 0.4) is 0 Å². The van der Waals surface area contributed by atoms with Gasteiger partial charge in [-0.1, -0.05) is 32.1 Å². The molecule has 2 aliphatic rings. The van der Waals surface area contributed by atoms with E-state index in [1.54, 1.807) is 0 Å². The predicted molar refractivity (Wildman–Crippen MR) is 110 cm³/mol. The topological polar surface area (TPSA) is 82.3 Å². The third kappa shape index (κ3) is 7.07. The maximum Gasteiger partial charge on any atom is 0.234 e. The molecule has 2 amide bonds. The highest BCUT2D eigenvalue weighted by molar-refractivity contribution is 8.00. The Kier molecular flexibility index (Phi) is 8.12. The van der Waals surface area contributed by atoms with Gasteiger partial charge in [-0.25, -0.2) is 9.82 Å². The Morgan fingerprint density at radius 1 is 1.04 bits per heavy atom. The van der Waals surface area contributed by atoms with Gasteiger partial charge in [0.05, 0.1) is 17.7 Å². The number of benzene rings is 1. The van der Waals surface area contributed by atoms with Gasteiger partial charge < -0.3 is 10.6 Å². The number of hydrazine groups is 1. The quantitative estimate of drug-likeness (QED) is 0.532. The summed E-state index contributed by atoms with van der Waals surface area (Å²) in [5.74, 6) is 0.556. The Morgan fingerprint density at radius 2 is 1.75 bits per heavy atom. The first-order valence-corrected chi connectivity index (χ1v) is 11.2. The number of thioether (sulfide) groups is 1. The van der Waals surface area contributed by atoms with Gasteiger partial charge in [-0.2, -0.15) is 0 Å². The molecule has 0 spiro atoms. The predicted octanol–water partition coefficient (Wildman–Crippen LogP) is 2.78. The van der Waals surface area contributed by atoms with Crippen LogP contribution in [0.2, 0.25) is 0 Å². The number of carbonyl (C=O) groups is 2. The van der Waals surface area contributed by atoms with E-state index in [0.29, 0.717) is 11.7 Å². The van der Waals surface area contributed by atoms with Gasteiger partial charge in [-0.05, 0) is 43.0 Å². The highest BCUT2D eigenvalue weighted by Crippen LogP contribution is 2.28. The first-order valence-electron chi connectivity index (χ1n) is 10.0. The maximum atomic E-state index is 12.9. The largest absolute Gasteiger partial charge is 0.339 e. The molecule has 154 valence electrons. The molecule has 0 aromatic heterocycles. The van der Waals surface area contributed by atoms with Crippen LogP contribution in [0.25, 0.3) is 0 Å². The Bertz CT molecular complexity index is 652. The fourth-order valence-electron chi connectivity index (χ4n) is 3.90. The average molecular weight is 409 g/mol. The lowest BCUT2D eigenvalue weighted by atomic mass is 9.84. The molecule has 8 heteroatoms.